The van der Waals surface area contributed by atoms with Crippen LogP contribution in [0.1, 0.15) is 0 Å². The van der Waals surface area contributed by atoms with Crippen LogP contribution in [0.3, 0.4) is 0 Å². The lowest BCUT2D eigenvalue weighted by atomic mass is 10.1. The Morgan fingerprint density at radius 2 is 2.15 bits per heavy atom. The molecule has 0 aliphatic carbocycles. The number of ether oxygens (including phenoxy) is 3. The summed E-state index contributed by atoms with van der Waals surface area (Å²) < 4.78 is 18.1. The highest BCUT2D eigenvalue weighted by Crippen LogP contribution is 2.28. The van der Waals surface area contributed by atoms with E-state index in [-0.39, 0.29) is 31.6 Å². The van der Waals surface area contributed by atoms with Crippen LogP contribution in [-0.4, -0.2) is 52.3 Å². The van der Waals surface area contributed by atoms with Crippen molar-refractivity contribution in [2.24, 2.45) is 0 Å². The second-order valence-corrected chi connectivity index (χ2v) is 5.87. The molecule has 0 aromatic carbocycles. The van der Waals surface area contributed by atoms with Gasteiger partial charge in [-0.05, 0) is 22.6 Å². The van der Waals surface area contributed by atoms with Gasteiger partial charge in [-0.1, -0.05) is 0 Å². The Morgan fingerprint density at radius 1 is 1.40 bits per heavy atom. The van der Waals surface area contributed by atoms with Crippen molar-refractivity contribution < 1.29 is 19.3 Å². The zero-order chi connectivity index (χ0) is 14.3. The van der Waals surface area contributed by atoms with Crippen LogP contribution in [0.2, 0.25) is 0 Å². The van der Waals surface area contributed by atoms with Crippen molar-refractivity contribution in [2.45, 2.75) is 31.1 Å². The van der Waals surface area contributed by atoms with Gasteiger partial charge in [0.05, 0.1) is 16.8 Å². The third kappa shape index (κ3) is 2.55. The zero-order valence-corrected chi connectivity index (χ0v) is 12.5. The van der Waals surface area contributed by atoms with Crippen molar-refractivity contribution in [3.8, 4) is 0 Å². The highest BCUT2D eigenvalue weighted by Gasteiger charge is 2.47. The first-order valence-corrected chi connectivity index (χ1v) is 7.16. The summed E-state index contributed by atoms with van der Waals surface area (Å²) in [5.74, 6) is 0. The molecule has 2 aliphatic heterocycles. The first-order chi connectivity index (χ1) is 9.56. The number of halogens is 1. The summed E-state index contributed by atoms with van der Waals surface area (Å²) in [5.41, 5.74) is -0.948. The number of nitrogens with one attached hydrogen (secondary N) is 1. The Balaban J connectivity index is 1.67. The van der Waals surface area contributed by atoms with Crippen molar-refractivity contribution in [3.05, 3.63) is 30.6 Å². The van der Waals surface area contributed by atoms with Crippen LogP contribution in [0.5, 0.6) is 0 Å². The number of aliphatic hydroxyl groups is 1. The summed E-state index contributed by atoms with van der Waals surface area (Å²) in [6, 6.07) is 0. The number of aliphatic hydroxyl groups excluding tert-OH is 1. The average molecular weight is 396 g/mol. The Kier molecular flexibility index (Phi) is 3.95. The molecule has 20 heavy (non-hydrogen) atoms. The topological polar surface area (TPSA) is 103 Å². The van der Waals surface area contributed by atoms with E-state index < -0.39 is 17.4 Å². The lowest BCUT2D eigenvalue weighted by molar-refractivity contribution is -0.0623. The fourth-order valence-corrected chi connectivity index (χ4v) is 2.81. The molecule has 0 bridgehead atoms. The molecular formula is C11H13IN2O6. The molecule has 110 valence electrons. The average Bonchev–Trinajstić information content (AvgIpc) is 2.96. The molecule has 9 heteroatoms. The van der Waals surface area contributed by atoms with E-state index >= 15 is 0 Å². The Bertz CT molecular complexity index is 614. The van der Waals surface area contributed by atoms with Crippen LogP contribution < -0.4 is 11.2 Å². The van der Waals surface area contributed by atoms with Gasteiger partial charge in [0.1, 0.15) is 31.1 Å². The fraction of sp³-hybridized carbons (Fsp3) is 0.636. The van der Waals surface area contributed by atoms with Gasteiger partial charge < -0.3 is 19.3 Å². The van der Waals surface area contributed by atoms with Crippen molar-refractivity contribution >= 4 is 22.6 Å². The van der Waals surface area contributed by atoms with Gasteiger partial charge in [0.2, 0.25) is 0 Å². The minimum atomic E-state index is -0.634. The minimum Gasteiger partial charge on any atom is -0.388 e. The van der Waals surface area contributed by atoms with Crippen molar-refractivity contribution in [1.82, 2.24) is 9.55 Å². The van der Waals surface area contributed by atoms with E-state index in [0.29, 0.717) is 10.2 Å². The summed E-state index contributed by atoms with van der Waals surface area (Å²) in [7, 11) is 0. The van der Waals surface area contributed by atoms with Gasteiger partial charge in [-0.3, -0.25) is 14.3 Å². The molecule has 2 saturated heterocycles. The van der Waals surface area contributed by atoms with Gasteiger partial charge in [-0.2, -0.15) is 0 Å². The van der Waals surface area contributed by atoms with Gasteiger partial charge in [-0.25, -0.2) is 4.79 Å². The van der Waals surface area contributed by atoms with Crippen LogP contribution in [0.25, 0.3) is 0 Å². The predicted octanol–water partition coefficient (Wildman–Crippen LogP) is -1.36. The van der Waals surface area contributed by atoms with E-state index in [2.05, 4.69) is 4.98 Å². The fourth-order valence-electron chi connectivity index (χ4n) is 2.34. The highest BCUT2D eigenvalue weighted by atomic mass is 127. The minimum absolute atomic E-state index is 0.0116. The Morgan fingerprint density at radius 3 is 2.95 bits per heavy atom. The van der Waals surface area contributed by atoms with Crippen molar-refractivity contribution in [2.75, 3.05) is 13.2 Å². The van der Waals surface area contributed by atoms with E-state index in [9.17, 15) is 14.7 Å². The molecule has 2 N–H and O–H groups in total. The van der Waals surface area contributed by atoms with Crippen molar-refractivity contribution in [3.63, 3.8) is 0 Å². The standard InChI is InChI=1S/C11H13IN2O6/c12-5-1-14(11(17)13-10(5)16)4-20-7-3-19-8-6(15)2-18-9(7)8/h1,6-9,15H,2-4H2,(H,13,16,17)/t6-,7+,8+,9+/m0/s1. The number of aromatic nitrogens is 2. The molecule has 0 saturated carbocycles. The molecule has 0 unspecified atom stereocenters. The normalized spacial score (nSPS) is 32.5. The summed E-state index contributed by atoms with van der Waals surface area (Å²) in [4.78, 5) is 25.0. The molecule has 1 aromatic heterocycles. The summed E-state index contributed by atoms with van der Waals surface area (Å²) >= 11 is 1.84. The quantitative estimate of drug-likeness (QED) is 0.613. The molecule has 8 nitrogen and oxygen atoms in total. The SMILES string of the molecule is O=c1[nH]c(=O)n(CO[C@@H]2CO[C@H]3[C@@H]2OC[C@@H]3O)cc1I. The Labute approximate surface area is 126 Å². The first kappa shape index (κ1) is 14.2. The molecule has 3 rings (SSSR count). The molecule has 3 heterocycles. The Hall–Kier alpha value is -0.750. The molecule has 2 aliphatic rings. The van der Waals surface area contributed by atoms with Gasteiger partial charge in [0.15, 0.2) is 0 Å². The van der Waals surface area contributed by atoms with E-state index in [1.807, 2.05) is 22.6 Å². The van der Waals surface area contributed by atoms with Gasteiger partial charge in [0, 0.05) is 6.20 Å². The number of nitrogens with zero attached hydrogens (tertiary/aromatic N) is 1. The lowest BCUT2D eigenvalue weighted by Crippen LogP contribution is -2.36. The monoisotopic (exact) mass is 396 g/mol. The summed E-state index contributed by atoms with van der Waals surface area (Å²) in [6.07, 6.45) is -0.228. The van der Waals surface area contributed by atoms with Crippen LogP contribution in [0, 0.1) is 3.57 Å². The second-order valence-electron chi connectivity index (χ2n) is 4.70. The van der Waals surface area contributed by atoms with E-state index in [1.54, 1.807) is 0 Å². The molecule has 4 atom stereocenters. The number of fused-ring (bicyclic) bond motifs is 1. The number of hydrogen-bond donors (Lipinski definition) is 2. The number of H-pyrrole nitrogens is 1. The largest absolute Gasteiger partial charge is 0.388 e. The first-order valence-electron chi connectivity index (χ1n) is 6.08. The molecule has 1 aromatic rings. The van der Waals surface area contributed by atoms with Crippen LogP contribution in [-0.2, 0) is 20.9 Å². The summed E-state index contributed by atoms with van der Waals surface area (Å²) in [6.45, 7) is 0.523. The molecule has 0 amide bonds. The molecule has 2 fully saturated rings. The van der Waals surface area contributed by atoms with Gasteiger partial charge in [0.25, 0.3) is 5.56 Å². The summed E-state index contributed by atoms with van der Waals surface area (Å²) in [5, 5.41) is 9.61. The third-order valence-electron chi connectivity index (χ3n) is 3.38. The predicted molar refractivity (Wildman–Crippen MR) is 74.4 cm³/mol. The van der Waals surface area contributed by atoms with E-state index in [1.165, 1.54) is 10.8 Å². The van der Waals surface area contributed by atoms with Crippen LogP contribution in [0.4, 0.5) is 0 Å². The maximum Gasteiger partial charge on any atom is 0.330 e. The van der Waals surface area contributed by atoms with E-state index in [4.69, 9.17) is 14.2 Å². The van der Waals surface area contributed by atoms with E-state index in [0.717, 1.165) is 0 Å². The lowest BCUT2D eigenvalue weighted by Gasteiger charge is -2.17. The van der Waals surface area contributed by atoms with Crippen molar-refractivity contribution in [1.29, 1.82) is 0 Å². The molecular weight excluding hydrogens is 383 g/mol. The maximum atomic E-state index is 11.6. The van der Waals surface area contributed by atoms with Crippen LogP contribution in [0.15, 0.2) is 15.8 Å². The van der Waals surface area contributed by atoms with Gasteiger partial charge >= 0.3 is 5.69 Å². The zero-order valence-electron chi connectivity index (χ0n) is 10.3. The third-order valence-corrected chi connectivity index (χ3v) is 4.15. The molecule has 0 spiro atoms. The number of hydrogen-bond acceptors (Lipinski definition) is 6. The smallest absolute Gasteiger partial charge is 0.330 e. The number of rotatable bonds is 3. The second kappa shape index (κ2) is 5.56. The number of aromatic amines is 1. The van der Waals surface area contributed by atoms with Crippen LogP contribution >= 0.6 is 22.6 Å². The van der Waals surface area contributed by atoms with Gasteiger partial charge in [-0.15, -0.1) is 0 Å². The maximum absolute atomic E-state index is 11.6. The highest BCUT2D eigenvalue weighted by molar-refractivity contribution is 14.1. The molecule has 0 radical (unpaired) electrons.